The van der Waals surface area contributed by atoms with E-state index in [0.717, 1.165) is 23.3 Å². The number of hydrogen-bond acceptors (Lipinski definition) is 5. The highest BCUT2D eigenvalue weighted by Gasteiger charge is 2.25. The lowest BCUT2D eigenvalue weighted by atomic mass is 9.98. The Labute approximate surface area is 143 Å². The average molecular weight is 363 g/mol. The molecule has 7 nitrogen and oxygen atoms in total. The summed E-state index contributed by atoms with van der Waals surface area (Å²) in [6, 6.07) is 2.10. The number of fused-ring (bicyclic) bond motifs is 1. The summed E-state index contributed by atoms with van der Waals surface area (Å²) in [5.74, 6) is -2.50. The van der Waals surface area contributed by atoms with E-state index >= 15 is 0 Å². The molecule has 1 aromatic carbocycles. The molecule has 0 saturated heterocycles. The lowest BCUT2D eigenvalue weighted by Crippen LogP contribution is -2.08. The first-order chi connectivity index (χ1) is 11.8. The Morgan fingerprint density at radius 3 is 2.72 bits per heavy atom. The molecule has 0 saturated carbocycles. The fourth-order valence-electron chi connectivity index (χ4n) is 2.63. The van der Waals surface area contributed by atoms with E-state index < -0.39 is 39.5 Å². The number of H-pyrrole nitrogens is 1. The van der Waals surface area contributed by atoms with Crippen LogP contribution in [-0.2, 0) is 10.9 Å². The molecule has 3 rings (SSSR count). The Hall–Kier alpha value is -2.94. The summed E-state index contributed by atoms with van der Waals surface area (Å²) in [5.41, 5.74) is 1.23. The number of pyridine rings is 1. The van der Waals surface area contributed by atoms with Gasteiger partial charge in [-0.05, 0) is 37.1 Å². The number of anilines is 1. The lowest BCUT2D eigenvalue weighted by Gasteiger charge is -2.09. The van der Waals surface area contributed by atoms with Crippen LogP contribution in [0.15, 0.2) is 24.5 Å². The topological polar surface area (TPSA) is 112 Å². The number of aromatic hydroxyl groups is 1. The van der Waals surface area contributed by atoms with Gasteiger partial charge in [0.25, 0.3) is 0 Å². The standard InChI is InChI=1S/C16H14FN3O4S/c1-7-5-18-16-12(8(7)2)9(6-19-16)15(22)13-11(21)4-3-10(14(13)17)20-25(23)24/h3-6,21,25H,1-2H3,(H,18,19)(H,20,23,24). The molecule has 2 aromatic heterocycles. The molecular formula is C16H14FN3O4S. The van der Waals surface area contributed by atoms with Gasteiger partial charge in [-0.2, -0.15) is 0 Å². The third-order valence-electron chi connectivity index (χ3n) is 4.02. The van der Waals surface area contributed by atoms with Gasteiger partial charge in [-0.25, -0.2) is 17.8 Å². The van der Waals surface area contributed by atoms with E-state index in [0.29, 0.717) is 11.0 Å². The van der Waals surface area contributed by atoms with Gasteiger partial charge in [0.05, 0.1) is 11.3 Å². The number of carbonyl (C=O) groups is 1. The number of rotatable bonds is 4. The van der Waals surface area contributed by atoms with Crippen molar-refractivity contribution in [2.24, 2.45) is 0 Å². The predicted octanol–water partition coefficient (Wildman–Crippen LogP) is 2.19. The first kappa shape index (κ1) is 16.9. The molecule has 2 heterocycles. The minimum absolute atomic E-state index is 0.140. The molecule has 0 spiro atoms. The van der Waals surface area contributed by atoms with Crippen LogP contribution in [0, 0.1) is 19.7 Å². The number of nitrogens with one attached hydrogen (secondary N) is 2. The second-order valence-electron chi connectivity index (χ2n) is 5.51. The van der Waals surface area contributed by atoms with Crippen molar-refractivity contribution in [2.45, 2.75) is 13.8 Å². The lowest BCUT2D eigenvalue weighted by molar-refractivity contribution is 0.103. The average Bonchev–Trinajstić information content (AvgIpc) is 2.98. The quantitative estimate of drug-likeness (QED) is 0.322. The predicted molar refractivity (Wildman–Crippen MR) is 91.0 cm³/mol. The summed E-state index contributed by atoms with van der Waals surface area (Å²) in [5, 5.41) is 10.5. The highest BCUT2D eigenvalue weighted by Crippen LogP contribution is 2.32. The maximum Gasteiger partial charge on any atom is 0.222 e. The van der Waals surface area contributed by atoms with Crippen molar-refractivity contribution in [3.8, 4) is 5.75 Å². The Balaban J connectivity index is 2.21. The van der Waals surface area contributed by atoms with Crippen LogP contribution >= 0.6 is 0 Å². The highest BCUT2D eigenvalue weighted by molar-refractivity contribution is 7.73. The number of nitrogens with zero attached hydrogens (tertiary/aromatic N) is 1. The first-order valence-corrected chi connectivity index (χ1v) is 8.39. The summed E-state index contributed by atoms with van der Waals surface area (Å²) < 4.78 is 38.0. The SMILES string of the molecule is Cc1cnc2[nH]cc(C(=O)c3c(O)ccc(N[SH](=O)=O)c3F)c2c1C. The van der Waals surface area contributed by atoms with Gasteiger partial charge in [-0.1, -0.05) is 0 Å². The molecule has 0 amide bonds. The van der Waals surface area contributed by atoms with Crippen LogP contribution < -0.4 is 4.72 Å². The number of aromatic nitrogens is 2. The number of aromatic amines is 1. The van der Waals surface area contributed by atoms with Crippen LogP contribution in [0.3, 0.4) is 0 Å². The smallest absolute Gasteiger partial charge is 0.222 e. The Morgan fingerprint density at radius 1 is 1.32 bits per heavy atom. The zero-order chi connectivity index (χ0) is 18.3. The summed E-state index contributed by atoms with van der Waals surface area (Å²) in [4.78, 5) is 19.9. The normalized spacial score (nSPS) is 11.2. The van der Waals surface area contributed by atoms with E-state index in [-0.39, 0.29) is 5.56 Å². The molecule has 130 valence electrons. The fraction of sp³-hybridized carbons (Fsp3) is 0.125. The number of benzene rings is 1. The number of carbonyl (C=O) groups excluding carboxylic acids is 1. The van der Waals surface area contributed by atoms with Gasteiger partial charge in [0.15, 0.2) is 5.82 Å². The van der Waals surface area contributed by atoms with Crippen molar-refractivity contribution in [1.29, 1.82) is 0 Å². The van der Waals surface area contributed by atoms with Crippen molar-refractivity contribution in [1.82, 2.24) is 9.97 Å². The second kappa shape index (κ2) is 6.17. The van der Waals surface area contributed by atoms with Crippen LogP contribution in [0.1, 0.15) is 27.0 Å². The van der Waals surface area contributed by atoms with Crippen molar-refractivity contribution in [3.63, 3.8) is 0 Å². The molecule has 0 aliphatic heterocycles. The first-order valence-electron chi connectivity index (χ1n) is 7.21. The van der Waals surface area contributed by atoms with Gasteiger partial charge in [-0.3, -0.25) is 9.52 Å². The zero-order valence-electron chi connectivity index (χ0n) is 13.3. The Morgan fingerprint density at radius 2 is 2.04 bits per heavy atom. The van der Waals surface area contributed by atoms with Crippen molar-refractivity contribution >= 4 is 33.4 Å². The van der Waals surface area contributed by atoms with Crippen molar-refractivity contribution in [2.75, 3.05) is 4.72 Å². The summed E-state index contributed by atoms with van der Waals surface area (Å²) in [6.07, 6.45) is 3.04. The summed E-state index contributed by atoms with van der Waals surface area (Å²) >= 11 is 0. The minimum Gasteiger partial charge on any atom is -0.507 e. The Bertz CT molecular complexity index is 1080. The van der Waals surface area contributed by atoms with E-state index in [1.165, 1.54) is 6.20 Å². The third-order valence-corrected chi connectivity index (χ3v) is 4.44. The molecule has 3 N–H and O–H groups in total. The number of thiol groups is 1. The Kier molecular flexibility index (Phi) is 4.17. The van der Waals surface area contributed by atoms with Gasteiger partial charge in [0.2, 0.25) is 16.7 Å². The van der Waals surface area contributed by atoms with E-state index in [4.69, 9.17) is 0 Å². The van der Waals surface area contributed by atoms with Crippen molar-refractivity contribution < 1.29 is 22.7 Å². The summed E-state index contributed by atoms with van der Waals surface area (Å²) in [6.45, 7) is 3.64. The van der Waals surface area contributed by atoms with Crippen molar-refractivity contribution in [3.05, 3.63) is 52.6 Å². The van der Waals surface area contributed by atoms with Gasteiger partial charge in [0.1, 0.15) is 17.0 Å². The van der Waals surface area contributed by atoms with Crippen LogP contribution in [0.5, 0.6) is 5.75 Å². The van der Waals surface area contributed by atoms with Crippen LogP contribution in [0.2, 0.25) is 0 Å². The van der Waals surface area contributed by atoms with Gasteiger partial charge in [0, 0.05) is 17.8 Å². The molecule has 0 aliphatic rings. The number of ketones is 1. The number of halogens is 1. The minimum atomic E-state index is -3.12. The number of aryl methyl sites for hydroxylation is 2. The largest absolute Gasteiger partial charge is 0.507 e. The zero-order valence-corrected chi connectivity index (χ0v) is 14.1. The molecular weight excluding hydrogens is 349 g/mol. The van der Waals surface area contributed by atoms with E-state index in [9.17, 15) is 22.7 Å². The van der Waals surface area contributed by atoms with E-state index in [2.05, 4.69) is 9.97 Å². The van der Waals surface area contributed by atoms with E-state index in [1.807, 2.05) is 11.6 Å². The maximum atomic E-state index is 14.6. The van der Waals surface area contributed by atoms with Gasteiger partial charge in [-0.15, -0.1) is 0 Å². The molecule has 0 unspecified atom stereocenters. The molecule has 0 atom stereocenters. The van der Waals surface area contributed by atoms with Gasteiger partial charge >= 0.3 is 0 Å². The summed E-state index contributed by atoms with van der Waals surface area (Å²) in [7, 11) is -3.12. The fourth-order valence-corrected chi connectivity index (χ4v) is 3.00. The second-order valence-corrected chi connectivity index (χ2v) is 6.25. The van der Waals surface area contributed by atoms with Gasteiger partial charge < -0.3 is 10.1 Å². The molecule has 0 aliphatic carbocycles. The molecule has 0 fully saturated rings. The maximum absolute atomic E-state index is 14.6. The molecule has 9 heteroatoms. The van der Waals surface area contributed by atoms with Crippen LogP contribution in [0.25, 0.3) is 11.0 Å². The number of phenols is 1. The molecule has 0 bridgehead atoms. The molecule has 3 aromatic rings. The van der Waals surface area contributed by atoms with Crippen LogP contribution in [-0.4, -0.2) is 29.3 Å². The highest BCUT2D eigenvalue weighted by atomic mass is 32.2. The number of phenolic OH excluding ortho intramolecular Hbond substituents is 1. The molecule has 0 radical (unpaired) electrons. The molecule has 25 heavy (non-hydrogen) atoms. The monoisotopic (exact) mass is 363 g/mol. The third kappa shape index (κ3) is 2.82. The number of hydrogen-bond donors (Lipinski definition) is 4. The van der Waals surface area contributed by atoms with Crippen LogP contribution in [0.4, 0.5) is 10.1 Å². The van der Waals surface area contributed by atoms with E-state index in [1.54, 1.807) is 13.1 Å².